The van der Waals surface area contributed by atoms with E-state index in [0.717, 1.165) is 6.07 Å². The summed E-state index contributed by atoms with van der Waals surface area (Å²) >= 11 is 0. The predicted molar refractivity (Wildman–Crippen MR) is 76.2 cm³/mol. The van der Waals surface area contributed by atoms with Crippen molar-refractivity contribution in [3.8, 4) is 0 Å². The molecule has 4 nitrogen and oxygen atoms in total. The zero-order valence-corrected chi connectivity index (χ0v) is 12.2. The molecule has 0 saturated carbocycles. The fraction of sp³-hybridized carbons (Fsp3) is 0.375. The van der Waals surface area contributed by atoms with Gasteiger partial charge in [0.2, 0.25) is 0 Å². The van der Waals surface area contributed by atoms with Crippen LogP contribution in [-0.4, -0.2) is 25.2 Å². The van der Waals surface area contributed by atoms with Gasteiger partial charge in [0.25, 0.3) is 0 Å². The monoisotopic (exact) mass is 294 g/mol. The van der Waals surface area contributed by atoms with Crippen molar-refractivity contribution >= 4 is 11.9 Å². The van der Waals surface area contributed by atoms with Crippen LogP contribution in [-0.2, 0) is 24.5 Å². The van der Waals surface area contributed by atoms with Gasteiger partial charge in [0.05, 0.1) is 13.2 Å². The highest BCUT2D eigenvalue weighted by atomic mass is 19.1. The van der Waals surface area contributed by atoms with Crippen LogP contribution >= 0.6 is 0 Å². The summed E-state index contributed by atoms with van der Waals surface area (Å²) in [6, 6.07) is 5.30. The minimum atomic E-state index is -1.73. The Morgan fingerprint density at radius 3 is 2.24 bits per heavy atom. The fourth-order valence-corrected chi connectivity index (χ4v) is 2.08. The molecule has 0 spiro atoms. The number of carbonyl (C=O) groups is 2. The lowest BCUT2D eigenvalue weighted by atomic mass is 9.77. The lowest BCUT2D eigenvalue weighted by molar-refractivity contribution is -0.164. The van der Waals surface area contributed by atoms with Gasteiger partial charge in [-0.2, -0.15) is 0 Å². The zero-order chi connectivity index (χ0) is 15.9. The lowest BCUT2D eigenvalue weighted by Gasteiger charge is -2.28. The first-order valence-electron chi connectivity index (χ1n) is 6.74. The molecule has 0 aliphatic rings. The SMILES string of the molecule is C=CCC(C(=O)OCC)(C(=O)OCC)c1cccc(F)c1. The van der Waals surface area contributed by atoms with Gasteiger partial charge < -0.3 is 9.47 Å². The van der Waals surface area contributed by atoms with E-state index in [0.29, 0.717) is 0 Å². The van der Waals surface area contributed by atoms with E-state index in [1.165, 1.54) is 24.3 Å². The molecule has 0 saturated heterocycles. The molecule has 0 heterocycles. The van der Waals surface area contributed by atoms with Crippen molar-refractivity contribution in [3.63, 3.8) is 0 Å². The summed E-state index contributed by atoms with van der Waals surface area (Å²) < 4.78 is 23.5. The van der Waals surface area contributed by atoms with Crippen LogP contribution in [0.4, 0.5) is 4.39 Å². The third kappa shape index (κ3) is 3.48. The van der Waals surface area contributed by atoms with Crippen molar-refractivity contribution in [1.29, 1.82) is 0 Å². The summed E-state index contributed by atoms with van der Waals surface area (Å²) in [7, 11) is 0. The number of halogens is 1. The van der Waals surface area contributed by atoms with Gasteiger partial charge in [0, 0.05) is 0 Å². The molecular weight excluding hydrogens is 275 g/mol. The molecule has 1 aromatic rings. The second kappa shape index (κ2) is 7.57. The van der Waals surface area contributed by atoms with E-state index in [9.17, 15) is 14.0 Å². The van der Waals surface area contributed by atoms with Crippen LogP contribution in [0.15, 0.2) is 36.9 Å². The number of hydrogen-bond donors (Lipinski definition) is 0. The first kappa shape index (κ1) is 16.9. The van der Waals surface area contributed by atoms with Crippen LogP contribution in [0.5, 0.6) is 0 Å². The zero-order valence-electron chi connectivity index (χ0n) is 12.2. The molecule has 1 rings (SSSR count). The van der Waals surface area contributed by atoms with E-state index < -0.39 is 23.2 Å². The Morgan fingerprint density at radius 1 is 1.24 bits per heavy atom. The molecule has 0 fully saturated rings. The molecule has 0 aromatic heterocycles. The van der Waals surface area contributed by atoms with Crippen LogP contribution in [0, 0.1) is 5.82 Å². The first-order chi connectivity index (χ1) is 10.0. The van der Waals surface area contributed by atoms with Gasteiger partial charge >= 0.3 is 11.9 Å². The van der Waals surface area contributed by atoms with Crippen LogP contribution < -0.4 is 0 Å². The Kier molecular flexibility index (Phi) is 6.09. The van der Waals surface area contributed by atoms with Crippen LogP contribution in [0.3, 0.4) is 0 Å². The molecule has 5 heteroatoms. The van der Waals surface area contributed by atoms with Crippen molar-refractivity contribution in [2.24, 2.45) is 0 Å². The van der Waals surface area contributed by atoms with E-state index in [1.807, 2.05) is 0 Å². The maximum Gasteiger partial charge on any atom is 0.328 e. The largest absolute Gasteiger partial charge is 0.465 e. The molecule has 0 bridgehead atoms. The van der Waals surface area contributed by atoms with Crippen molar-refractivity contribution in [3.05, 3.63) is 48.3 Å². The third-order valence-electron chi connectivity index (χ3n) is 3.02. The third-order valence-corrected chi connectivity index (χ3v) is 3.02. The Bertz CT molecular complexity index is 507. The van der Waals surface area contributed by atoms with Crippen LogP contribution in [0.25, 0.3) is 0 Å². The molecule has 0 unspecified atom stereocenters. The van der Waals surface area contributed by atoms with E-state index >= 15 is 0 Å². The number of benzene rings is 1. The Hall–Kier alpha value is -2.17. The van der Waals surface area contributed by atoms with E-state index in [1.54, 1.807) is 13.8 Å². The molecule has 1 aromatic carbocycles. The van der Waals surface area contributed by atoms with E-state index in [-0.39, 0.29) is 25.2 Å². The Balaban J connectivity index is 3.46. The van der Waals surface area contributed by atoms with Gasteiger partial charge in [-0.3, -0.25) is 9.59 Å². The first-order valence-corrected chi connectivity index (χ1v) is 6.74. The molecule has 0 aliphatic heterocycles. The summed E-state index contributed by atoms with van der Waals surface area (Å²) in [6.45, 7) is 7.04. The lowest BCUT2D eigenvalue weighted by Crippen LogP contribution is -2.46. The minimum Gasteiger partial charge on any atom is -0.465 e. The average Bonchev–Trinajstić information content (AvgIpc) is 2.45. The van der Waals surface area contributed by atoms with Gasteiger partial charge in [-0.1, -0.05) is 18.2 Å². The molecule has 0 N–H and O–H groups in total. The van der Waals surface area contributed by atoms with Crippen molar-refractivity contribution < 1.29 is 23.5 Å². The summed E-state index contributed by atoms with van der Waals surface area (Å²) in [6.07, 6.45) is 1.38. The fourth-order valence-electron chi connectivity index (χ4n) is 2.08. The highest BCUT2D eigenvalue weighted by molar-refractivity contribution is 6.06. The summed E-state index contributed by atoms with van der Waals surface area (Å²) in [4.78, 5) is 24.8. The number of ether oxygens (including phenoxy) is 2. The molecule has 21 heavy (non-hydrogen) atoms. The standard InChI is InChI=1S/C16H19FO4/c1-4-10-16(14(18)20-5-2,15(19)21-6-3)12-8-7-9-13(17)11-12/h4,7-9,11H,1,5-6,10H2,2-3H3. The number of carbonyl (C=O) groups excluding carboxylic acids is 2. The molecule has 0 atom stereocenters. The molecule has 0 radical (unpaired) electrons. The summed E-state index contributed by atoms with van der Waals surface area (Å²) in [5.41, 5.74) is -1.53. The van der Waals surface area contributed by atoms with E-state index in [4.69, 9.17) is 9.47 Å². The maximum absolute atomic E-state index is 13.5. The molecular formula is C16H19FO4. The van der Waals surface area contributed by atoms with Crippen LogP contribution in [0.2, 0.25) is 0 Å². The van der Waals surface area contributed by atoms with Gasteiger partial charge in [-0.25, -0.2) is 4.39 Å². The van der Waals surface area contributed by atoms with Crippen LogP contribution in [0.1, 0.15) is 25.8 Å². The molecule has 114 valence electrons. The Labute approximate surface area is 123 Å². The summed E-state index contributed by atoms with van der Waals surface area (Å²) in [5, 5.41) is 0. The molecule has 0 amide bonds. The van der Waals surface area contributed by atoms with Gasteiger partial charge in [0.1, 0.15) is 5.82 Å². The quantitative estimate of drug-likeness (QED) is 0.441. The molecule has 0 aliphatic carbocycles. The Morgan fingerprint density at radius 2 is 1.81 bits per heavy atom. The number of rotatable bonds is 7. The smallest absolute Gasteiger partial charge is 0.328 e. The van der Waals surface area contributed by atoms with Crippen molar-refractivity contribution in [2.75, 3.05) is 13.2 Å². The number of hydrogen-bond acceptors (Lipinski definition) is 4. The van der Waals surface area contributed by atoms with Crippen molar-refractivity contribution in [2.45, 2.75) is 25.7 Å². The normalized spacial score (nSPS) is 10.8. The second-order valence-electron chi connectivity index (χ2n) is 4.35. The summed E-state index contributed by atoms with van der Waals surface area (Å²) in [5.74, 6) is -2.09. The highest BCUT2D eigenvalue weighted by Gasteiger charge is 2.49. The topological polar surface area (TPSA) is 52.6 Å². The predicted octanol–water partition coefficient (Wildman–Crippen LogP) is 2.77. The van der Waals surface area contributed by atoms with Gasteiger partial charge in [0.15, 0.2) is 5.41 Å². The second-order valence-corrected chi connectivity index (χ2v) is 4.35. The average molecular weight is 294 g/mol. The number of allylic oxidation sites excluding steroid dienone is 1. The highest BCUT2D eigenvalue weighted by Crippen LogP contribution is 2.32. The maximum atomic E-state index is 13.5. The number of esters is 2. The van der Waals surface area contributed by atoms with E-state index in [2.05, 4.69) is 6.58 Å². The van der Waals surface area contributed by atoms with Gasteiger partial charge in [-0.05, 0) is 38.0 Å². The van der Waals surface area contributed by atoms with Gasteiger partial charge in [-0.15, -0.1) is 6.58 Å². The minimum absolute atomic E-state index is 0.0336. The van der Waals surface area contributed by atoms with Crippen molar-refractivity contribution in [1.82, 2.24) is 0 Å².